The maximum absolute atomic E-state index is 11.1. The second kappa shape index (κ2) is 7.55. The zero-order valence-corrected chi connectivity index (χ0v) is 14.9. The van der Waals surface area contributed by atoms with Gasteiger partial charge in [0.15, 0.2) is 0 Å². The lowest BCUT2D eigenvalue weighted by Crippen LogP contribution is -2.16. The lowest BCUT2D eigenvalue weighted by atomic mass is 9.97. The van der Waals surface area contributed by atoms with Crippen LogP contribution in [0.15, 0.2) is 49.0 Å². The quantitative estimate of drug-likeness (QED) is 0.422. The fourth-order valence-electron chi connectivity index (χ4n) is 2.13. The molecule has 0 saturated heterocycles. The number of nitrogens with zero attached hydrogens (tertiary/aromatic N) is 1. The maximum Gasteiger partial charge on any atom is 0.270 e. The van der Waals surface area contributed by atoms with Gasteiger partial charge in [-0.25, -0.2) is 0 Å². The van der Waals surface area contributed by atoms with E-state index in [1.54, 1.807) is 12.1 Å². The van der Waals surface area contributed by atoms with E-state index in [1.165, 1.54) is 12.1 Å². The molecule has 124 valence electrons. The zero-order valence-electron chi connectivity index (χ0n) is 13.4. The first kappa shape index (κ1) is 18.1. The van der Waals surface area contributed by atoms with Gasteiger partial charge in [0, 0.05) is 39.9 Å². The van der Waals surface area contributed by atoms with Crippen LogP contribution in [0.3, 0.4) is 0 Å². The predicted octanol–water partition coefficient (Wildman–Crippen LogP) is 5.71. The molecule has 0 fully saturated rings. The first-order chi connectivity index (χ1) is 11.3. The van der Waals surface area contributed by atoms with Crippen molar-refractivity contribution >= 4 is 45.8 Å². The molecule has 0 aliphatic carbocycles. The highest BCUT2D eigenvalue weighted by atomic mass is 35.5. The van der Waals surface area contributed by atoms with Crippen molar-refractivity contribution in [3.05, 3.63) is 75.3 Å². The number of nitro groups is 1. The monoisotopic (exact) mass is 360 g/mol. The van der Waals surface area contributed by atoms with Crippen LogP contribution >= 0.6 is 23.8 Å². The van der Waals surface area contributed by atoms with Crippen LogP contribution in [0.25, 0.3) is 5.57 Å². The third-order valence-corrected chi connectivity index (χ3v) is 4.42. The number of non-ortho nitro benzene ring substituents is 1. The number of thiocarbonyl (C=S) groups is 1. The van der Waals surface area contributed by atoms with Crippen LogP contribution < -0.4 is 5.32 Å². The Bertz CT molecular complexity index is 818. The Balaban J connectivity index is 2.54. The van der Waals surface area contributed by atoms with Crippen LogP contribution in [0.1, 0.15) is 25.0 Å². The summed E-state index contributed by atoms with van der Waals surface area (Å²) >= 11 is 11.6. The molecule has 0 atom stereocenters. The molecule has 0 saturated carbocycles. The van der Waals surface area contributed by atoms with Crippen molar-refractivity contribution in [3.8, 4) is 0 Å². The van der Waals surface area contributed by atoms with Gasteiger partial charge in [0.25, 0.3) is 5.69 Å². The van der Waals surface area contributed by atoms with E-state index in [0.29, 0.717) is 26.8 Å². The van der Waals surface area contributed by atoms with E-state index in [1.807, 2.05) is 32.0 Å². The Hall–Kier alpha value is -2.24. The van der Waals surface area contributed by atoms with E-state index in [-0.39, 0.29) is 11.6 Å². The van der Waals surface area contributed by atoms with E-state index in [0.717, 1.165) is 5.56 Å². The number of nitrogens with one attached hydrogen (secondary N) is 1. The molecule has 0 bridgehead atoms. The summed E-state index contributed by atoms with van der Waals surface area (Å²) in [6.07, 6.45) is 0. The highest BCUT2D eigenvalue weighted by Gasteiger charge is 2.17. The summed E-state index contributed by atoms with van der Waals surface area (Å²) in [7, 11) is 0. The normalized spacial score (nSPS) is 10.5. The van der Waals surface area contributed by atoms with Crippen LogP contribution in [0.5, 0.6) is 0 Å². The molecular formula is C18H17ClN2O2S. The van der Waals surface area contributed by atoms with Crippen molar-refractivity contribution in [2.75, 3.05) is 5.32 Å². The molecule has 0 radical (unpaired) electrons. The smallest absolute Gasteiger partial charge is 0.270 e. The van der Waals surface area contributed by atoms with E-state index in [9.17, 15) is 10.1 Å². The van der Waals surface area contributed by atoms with Gasteiger partial charge in [0.05, 0.1) is 9.91 Å². The minimum atomic E-state index is -0.437. The zero-order chi connectivity index (χ0) is 17.9. The summed E-state index contributed by atoms with van der Waals surface area (Å²) < 4.78 is 0. The summed E-state index contributed by atoms with van der Waals surface area (Å²) in [6, 6.07) is 11.8. The van der Waals surface area contributed by atoms with Crippen molar-refractivity contribution < 1.29 is 4.92 Å². The van der Waals surface area contributed by atoms with Gasteiger partial charge in [-0.1, -0.05) is 62.4 Å². The molecule has 0 aliphatic heterocycles. The Kier molecular flexibility index (Phi) is 5.70. The van der Waals surface area contributed by atoms with Crippen molar-refractivity contribution in [1.82, 2.24) is 0 Å². The average molecular weight is 361 g/mol. The summed E-state index contributed by atoms with van der Waals surface area (Å²) in [5.41, 5.74) is 2.57. The van der Waals surface area contributed by atoms with Gasteiger partial charge in [0.2, 0.25) is 0 Å². The summed E-state index contributed by atoms with van der Waals surface area (Å²) in [4.78, 5) is 11.3. The minimum absolute atomic E-state index is 0.0146. The number of anilines is 1. The molecule has 0 aromatic heterocycles. The molecule has 4 nitrogen and oxygen atoms in total. The van der Waals surface area contributed by atoms with Gasteiger partial charge in [-0.3, -0.25) is 10.1 Å². The van der Waals surface area contributed by atoms with E-state index in [4.69, 9.17) is 23.8 Å². The number of nitro benzene ring substituents is 1. The van der Waals surface area contributed by atoms with Gasteiger partial charge in [-0.05, 0) is 17.7 Å². The second-order valence-electron chi connectivity index (χ2n) is 5.59. The lowest BCUT2D eigenvalue weighted by Gasteiger charge is -2.17. The lowest BCUT2D eigenvalue weighted by molar-refractivity contribution is -0.384. The van der Waals surface area contributed by atoms with Gasteiger partial charge in [0.1, 0.15) is 0 Å². The fraction of sp³-hybridized carbons (Fsp3) is 0.167. The molecule has 1 N–H and O–H groups in total. The number of halogens is 1. The molecule has 0 amide bonds. The standard InChI is InChI=1S/C18H17ClN2O2S/c1-11(2)18(24)20-17-9-8-13(21(22)23)10-15(17)12(3)14-6-4-5-7-16(14)19/h4-11H,3H2,1-2H3,(H,20,24). The predicted molar refractivity (Wildman–Crippen MR) is 104 cm³/mol. The SMILES string of the molecule is C=C(c1ccccc1Cl)c1cc([N+](=O)[O-])ccc1NC(=S)C(C)C. The fourth-order valence-corrected chi connectivity index (χ4v) is 2.49. The average Bonchev–Trinajstić information content (AvgIpc) is 2.54. The third kappa shape index (κ3) is 3.99. The summed E-state index contributed by atoms with van der Waals surface area (Å²) in [5, 5.41) is 14.8. The van der Waals surface area contributed by atoms with E-state index in [2.05, 4.69) is 11.9 Å². The van der Waals surface area contributed by atoms with E-state index < -0.39 is 4.92 Å². The molecule has 0 heterocycles. The largest absolute Gasteiger partial charge is 0.349 e. The van der Waals surface area contributed by atoms with Crippen molar-refractivity contribution in [3.63, 3.8) is 0 Å². The van der Waals surface area contributed by atoms with Crippen LogP contribution in [-0.4, -0.2) is 9.91 Å². The Labute approximate surface area is 151 Å². The molecular weight excluding hydrogens is 344 g/mol. The van der Waals surface area contributed by atoms with Gasteiger partial charge in [-0.15, -0.1) is 0 Å². The van der Waals surface area contributed by atoms with E-state index >= 15 is 0 Å². The van der Waals surface area contributed by atoms with Crippen molar-refractivity contribution in [1.29, 1.82) is 0 Å². The van der Waals surface area contributed by atoms with Crippen LogP contribution in [0, 0.1) is 16.0 Å². The second-order valence-corrected chi connectivity index (χ2v) is 6.44. The Morgan fingerprint density at radius 3 is 2.50 bits per heavy atom. The maximum atomic E-state index is 11.1. The molecule has 0 aliphatic rings. The molecule has 2 rings (SSSR count). The Morgan fingerprint density at radius 1 is 1.25 bits per heavy atom. The first-order valence-electron chi connectivity index (χ1n) is 7.34. The molecule has 24 heavy (non-hydrogen) atoms. The van der Waals surface area contributed by atoms with Crippen LogP contribution in [0.4, 0.5) is 11.4 Å². The topological polar surface area (TPSA) is 55.2 Å². The number of rotatable bonds is 5. The number of hydrogen-bond donors (Lipinski definition) is 1. The highest BCUT2D eigenvalue weighted by Crippen LogP contribution is 2.34. The van der Waals surface area contributed by atoms with Gasteiger partial charge in [-0.2, -0.15) is 0 Å². The number of benzene rings is 2. The molecule has 2 aromatic carbocycles. The van der Waals surface area contributed by atoms with Gasteiger partial charge >= 0.3 is 0 Å². The van der Waals surface area contributed by atoms with Crippen LogP contribution in [0.2, 0.25) is 5.02 Å². The Morgan fingerprint density at radius 2 is 1.92 bits per heavy atom. The summed E-state index contributed by atoms with van der Waals surface area (Å²) in [5.74, 6) is 0.150. The molecule has 0 spiro atoms. The van der Waals surface area contributed by atoms with Gasteiger partial charge < -0.3 is 5.32 Å². The van der Waals surface area contributed by atoms with Crippen LogP contribution in [-0.2, 0) is 0 Å². The highest BCUT2D eigenvalue weighted by molar-refractivity contribution is 7.80. The molecule has 2 aromatic rings. The minimum Gasteiger partial charge on any atom is -0.349 e. The summed E-state index contributed by atoms with van der Waals surface area (Å²) in [6.45, 7) is 8.03. The third-order valence-electron chi connectivity index (χ3n) is 3.52. The first-order valence-corrected chi connectivity index (χ1v) is 8.13. The van der Waals surface area contributed by atoms with Crippen molar-refractivity contribution in [2.24, 2.45) is 5.92 Å². The van der Waals surface area contributed by atoms with Crippen molar-refractivity contribution in [2.45, 2.75) is 13.8 Å². The molecule has 0 unspecified atom stereocenters. The number of hydrogen-bond acceptors (Lipinski definition) is 3. The molecule has 6 heteroatoms.